The zero-order valence-corrected chi connectivity index (χ0v) is 14.8. The summed E-state index contributed by atoms with van der Waals surface area (Å²) < 4.78 is 0. The molecule has 1 aromatic rings. The third kappa shape index (κ3) is 3.95. The van der Waals surface area contributed by atoms with Crippen LogP contribution in [0.4, 0.5) is 0 Å². The van der Waals surface area contributed by atoms with Gasteiger partial charge >= 0.3 is 0 Å². The lowest BCUT2D eigenvalue weighted by Crippen LogP contribution is -2.53. The fourth-order valence-electron chi connectivity index (χ4n) is 3.18. The van der Waals surface area contributed by atoms with E-state index < -0.39 is 5.41 Å². The second kappa shape index (κ2) is 7.44. The zero-order chi connectivity index (χ0) is 17.9. The fraction of sp³-hybridized carbons (Fsp3) is 0.500. The van der Waals surface area contributed by atoms with E-state index in [9.17, 15) is 14.4 Å². The van der Waals surface area contributed by atoms with Crippen LogP contribution in [0.1, 0.15) is 18.4 Å². The molecule has 0 spiro atoms. The Balaban J connectivity index is 1.51. The molecule has 1 heterocycles. The SMILES string of the molecule is O=CN1CCN(C(=O)C2(C(=O)NCCc3cccc(Cl)c3)CC2)CC1. The van der Waals surface area contributed by atoms with Crippen LogP contribution < -0.4 is 5.32 Å². The van der Waals surface area contributed by atoms with Gasteiger partial charge in [-0.2, -0.15) is 0 Å². The van der Waals surface area contributed by atoms with Crippen LogP contribution in [-0.2, 0) is 20.8 Å². The summed E-state index contributed by atoms with van der Waals surface area (Å²) in [6.07, 6.45) is 2.68. The Hall–Kier alpha value is -2.08. The van der Waals surface area contributed by atoms with Crippen molar-refractivity contribution in [1.82, 2.24) is 15.1 Å². The van der Waals surface area contributed by atoms with Gasteiger partial charge in [-0.1, -0.05) is 23.7 Å². The van der Waals surface area contributed by atoms with Crippen LogP contribution in [0.15, 0.2) is 24.3 Å². The maximum absolute atomic E-state index is 12.7. The zero-order valence-electron chi connectivity index (χ0n) is 14.0. The van der Waals surface area contributed by atoms with E-state index in [2.05, 4.69) is 5.32 Å². The summed E-state index contributed by atoms with van der Waals surface area (Å²) in [6.45, 7) is 2.53. The molecule has 1 aromatic carbocycles. The molecular weight excluding hydrogens is 342 g/mol. The largest absolute Gasteiger partial charge is 0.355 e. The molecule has 2 fully saturated rings. The maximum Gasteiger partial charge on any atom is 0.238 e. The van der Waals surface area contributed by atoms with Crippen LogP contribution in [0.5, 0.6) is 0 Å². The number of piperazine rings is 1. The molecule has 25 heavy (non-hydrogen) atoms. The Bertz CT molecular complexity index is 667. The first-order chi connectivity index (χ1) is 12.0. The molecule has 134 valence electrons. The summed E-state index contributed by atoms with van der Waals surface area (Å²) >= 11 is 5.95. The van der Waals surface area contributed by atoms with Gasteiger partial charge in [0.15, 0.2) is 0 Å². The van der Waals surface area contributed by atoms with Crippen LogP contribution in [0.3, 0.4) is 0 Å². The molecule has 3 rings (SSSR count). The number of hydrogen-bond acceptors (Lipinski definition) is 3. The van der Waals surface area contributed by atoms with Crippen LogP contribution >= 0.6 is 11.6 Å². The van der Waals surface area contributed by atoms with Crippen molar-refractivity contribution in [2.24, 2.45) is 5.41 Å². The number of benzene rings is 1. The van der Waals surface area contributed by atoms with E-state index in [1.54, 1.807) is 9.80 Å². The van der Waals surface area contributed by atoms with Gasteiger partial charge < -0.3 is 15.1 Å². The molecule has 2 aliphatic rings. The lowest BCUT2D eigenvalue weighted by atomic mass is 10.0. The molecular formula is C18H22ClN3O3. The molecule has 1 aliphatic carbocycles. The van der Waals surface area contributed by atoms with Crippen molar-refractivity contribution in [1.29, 1.82) is 0 Å². The van der Waals surface area contributed by atoms with Gasteiger partial charge in [0.1, 0.15) is 5.41 Å². The van der Waals surface area contributed by atoms with Crippen molar-refractivity contribution < 1.29 is 14.4 Å². The van der Waals surface area contributed by atoms with Crippen molar-refractivity contribution >= 4 is 29.8 Å². The monoisotopic (exact) mass is 363 g/mol. The topological polar surface area (TPSA) is 69.7 Å². The van der Waals surface area contributed by atoms with E-state index in [0.717, 1.165) is 12.0 Å². The van der Waals surface area contributed by atoms with Gasteiger partial charge in [-0.15, -0.1) is 0 Å². The predicted octanol–water partition coefficient (Wildman–Crippen LogP) is 1.08. The number of amides is 3. The fourth-order valence-corrected chi connectivity index (χ4v) is 3.39. The molecule has 3 amide bonds. The Morgan fingerprint density at radius 2 is 1.92 bits per heavy atom. The van der Waals surface area contributed by atoms with E-state index >= 15 is 0 Å². The highest BCUT2D eigenvalue weighted by molar-refractivity contribution is 6.30. The average molecular weight is 364 g/mol. The summed E-state index contributed by atoms with van der Waals surface area (Å²) in [4.78, 5) is 39.4. The minimum atomic E-state index is -0.891. The summed E-state index contributed by atoms with van der Waals surface area (Å²) in [6, 6.07) is 7.52. The maximum atomic E-state index is 12.7. The average Bonchev–Trinajstić information content (AvgIpc) is 3.43. The highest BCUT2D eigenvalue weighted by Gasteiger charge is 2.57. The van der Waals surface area contributed by atoms with Crippen LogP contribution in [-0.4, -0.2) is 60.7 Å². The minimum Gasteiger partial charge on any atom is -0.355 e. The molecule has 1 N–H and O–H groups in total. The summed E-state index contributed by atoms with van der Waals surface area (Å²) in [7, 11) is 0. The lowest BCUT2D eigenvalue weighted by Gasteiger charge is -2.34. The van der Waals surface area contributed by atoms with Gasteiger partial charge in [-0.3, -0.25) is 14.4 Å². The standard InChI is InChI=1S/C18H22ClN3O3/c19-15-3-1-2-14(12-15)4-7-20-16(24)18(5-6-18)17(25)22-10-8-21(13-23)9-11-22/h1-3,12-13H,4-11H2,(H,20,24). The Morgan fingerprint density at radius 3 is 2.52 bits per heavy atom. The Morgan fingerprint density at radius 1 is 1.20 bits per heavy atom. The van der Waals surface area contributed by atoms with Gasteiger partial charge in [0.25, 0.3) is 0 Å². The van der Waals surface area contributed by atoms with Crippen molar-refractivity contribution in [2.75, 3.05) is 32.7 Å². The number of halogens is 1. The number of carbonyl (C=O) groups is 3. The quantitative estimate of drug-likeness (QED) is 0.607. The van der Waals surface area contributed by atoms with E-state index in [4.69, 9.17) is 11.6 Å². The third-order valence-corrected chi connectivity index (χ3v) is 5.17. The third-order valence-electron chi connectivity index (χ3n) is 4.93. The second-order valence-corrected chi connectivity index (χ2v) is 7.09. The summed E-state index contributed by atoms with van der Waals surface area (Å²) in [5.74, 6) is -0.282. The first-order valence-corrected chi connectivity index (χ1v) is 8.94. The van der Waals surface area contributed by atoms with Crippen molar-refractivity contribution in [3.63, 3.8) is 0 Å². The predicted molar refractivity (Wildman–Crippen MR) is 94.0 cm³/mol. The number of rotatable bonds is 6. The molecule has 0 atom stereocenters. The molecule has 0 bridgehead atoms. The van der Waals surface area contributed by atoms with Crippen LogP contribution in [0.2, 0.25) is 5.02 Å². The van der Waals surface area contributed by atoms with Crippen molar-refractivity contribution in [3.8, 4) is 0 Å². The van der Waals surface area contributed by atoms with Crippen molar-refractivity contribution in [3.05, 3.63) is 34.9 Å². The number of hydrogen-bond donors (Lipinski definition) is 1. The highest BCUT2D eigenvalue weighted by atomic mass is 35.5. The van der Waals surface area contributed by atoms with Crippen LogP contribution in [0, 0.1) is 5.41 Å². The first kappa shape index (κ1) is 17.7. The number of nitrogens with zero attached hydrogens (tertiary/aromatic N) is 2. The molecule has 0 unspecified atom stereocenters. The van der Waals surface area contributed by atoms with Gasteiger partial charge in [-0.05, 0) is 37.0 Å². The molecule has 0 aromatic heterocycles. The lowest BCUT2D eigenvalue weighted by molar-refractivity contribution is -0.146. The Labute approximate surface area is 152 Å². The van der Waals surface area contributed by atoms with E-state index in [1.807, 2.05) is 24.3 Å². The van der Waals surface area contributed by atoms with E-state index in [-0.39, 0.29) is 11.8 Å². The first-order valence-electron chi connectivity index (χ1n) is 8.57. The Kier molecular flexibility index (Phi) is 5.27. The van der Waals surface area contributed by atoms with Gasteiger partial charge in [0, 0.05) is 37.7 Å². The number of carbonyl (C=O) groups excluding carboxylic acids is 3. The molecule has 1 saturated carbocycles. The number of nitrogens with one attached hydrogen (secondary N) is 1. The van der Waals surface area contributed by atoms with E-state index in [0.29, 0.717) is 57.0 Å². The highest BCUT2D eigenvalue weighted by Crippen LogP contribution is 2.47. The molecule has 0 radical (unpaired) electrons. The van der Waals surface area contributed by atoms with Gasteiger partial charge in [0.05, 0.1) is 0 Å². The smallest absolute Gasteiger partial charge is 0.238 e. The second-order valence-electron chi connectivity index (χ2n) is 6.65. The van der Waals surface area contributed by atoms with Crippen molar-refractivity contribution in [2.45, 2.75) is 19.3 Å². The molecule has 6 nitrogen and oxygen atoms in total. The summed E-state index contributed by atoms with van der Waals surface area (Å²) in [5, 5.41) is 3.57. The normalized spacial score (nSPS) is 18.6. The van der Waals surface area contributed by atoms with Crippen LogP contribution in [0.25, 0.3) is 0 Å². The van der Waals surface area contributed by atoms with Gasteiger partial charge in [0.2, 0.25) is 18.2 Å². The van der Waals surface area contributed by atoms with Gasteiger partial charge in [-0.25, -0.2) is 0 Å². The molecule has 1 saturated heterocycles. The molecule has 7 heteroatoms. The van der Waals surface area contributed by atoms with E-state index in [1.165, 1.54) is 0 Å². The minimum absolute atomic E-state index is 0.0988. The molecule has 1 aliphatic heterocycles. The summed E-state index contributed by atoms with van der Waals surface area (Å²) in [5.41, 5.74) is 0.159.